The Hall–Kier alpha value is -1.03. The Bertz CT molecular complexity index is 287. The first-order valence-corrected chi connectivity index (χ1v) is 8.25. The highest BCUT2D eigenvalue weighted by Crippen LogP contribution is 2.08. The Balaban J connectivity index is 3.34. The van der Waals surface area contributed by atoms with Crippen LogP contribution in [-0.4, -0.2) is 31.1 Å². The molecule has 0 rings (SSSR count). The minimum absolute atomic E-state index is 0.255. The molecule has 0 atom stereocenters. The van der Waals surface area contributed by atoms with Gasteiger partial charge < -0.3 is 9.53 Å². The zero-order chi connectivity index (χ0) is 15.8. The molecule has 0 aliphatic carbocycles. The molecule has 0 N–H and O–H groups in total. The van der Waals surface area contributed by atoms with E-state index in [1.54, 1.807) is 0 Å². The van der Waals surface area contributed by atoms with Crippen LogP contribution < -0.4 is 0 Å². The highest BCUT2D eigenvalue weighted by molar-refractivity contribution is 5.79. The van der Waals surface area contributed by atoms with E-state index in [0.717, 1.165) is 58.0 Å². The van der Waals surface area contributed by atoms with Gasteiger partial charge in [-0.05, 0) is 45.4 Å². The van der Waals surface area contributed by atoms with Gasteiger partial charge in [-0.15, -0.1) is 0 Å². The Morgan fingerprint density at radius 2 is 1.29 bits per heavy atom. The van der Waals surface area contributed by atoms with E-state index in [-0.39, 0.29) is 5.78 Å². The second-order valence-corrected chi connectivity index (χ2v) is 5.35. The van der Waals surface area contributed by atoms with Crippen molar-refractivity contribution in [2.45, 2.75) is 77.6 Å². The predicted molar refractivity (Wildman–Crippen MR) is 83.4 cm³/mol. The average Bonchev–Trinajstić information content (AvgIpc) is 2.48. The van der Waals surface area contributed by atoms with Gasteiger partial charge in [-0.2, -0.15) is 0 Å². The zero-order valence-electron chi connectivity index (χ0n) is 13.4. The number of rotatable bonds is 16. The van der Waals surface area contributed by atoms with Gasteiger partial charge in [-0.25, -0.2) is 0 Å². The van der Waals surface area contributed by atoms with E-state index in [1.165, 1.54) is 0 Å². The third-order valence-corrected chi connectivity index (χ3v) is 3.39. The summed E-state index contributed by atoms with van der Waals surface area (Å²) < 4.78 is 5.22. The first-order valence-electron chi connectivity index (χ1n) is 8.25. The molecule has 0 saturated carbocycles. The highest BCUT2D eigenvalue weighted by atomic mass is 16.5. The smallest absolute Gasteiger partial charge is 0.132 e. The lowest BCUT2D eigenvalue weighted by atomic mass is 10.0. The Morgan fingerprint density at radius 3 is 1.76 bits per heavy atom. The van der Waals surface area contributed by atoms with E-state index in [2.05, 4.69) is 0 Å². The van der Waals surface area contributed by atoms with Crippen LogP contribution in [0.4, 0.5) is 0 Å². The van der Waals surface area contributed by atoms with Crippen LogP contribution in [0, 0.1) is 0 Å². The average molecular weight is 298 g/mol. The number of hydrogen-bond donors (Lipinski definition) is 0. The molecule has 0 heterocycles. The molecule has 0 amide bonds. The van der Waals surface area contributed by atoms with Gasteiger partial charge in [0.25, 0.3) is 0 Å². The molecule has 0 aromatic rings. The molecule has 0 bridgehead atoms. The molecule has 0 unspecified atom stereocenters. The monoisotopic (exact) mass is 298 g/mol. The molecule has 21 heavy (non-hydrogen) atoms. The van der Waals surface area contributed by atoms with E-state index in [9.17, 15) is 14.4 Å². The minimum Gasteiger partial charge on any atom is -0.382 e. The summed E-state index contributed by atoms with van der Waals surface area (Å²) in [5.74, 6) is 0.551. The molecule has 0 aromatic heterocycles. The van der Waals surface area contributed by atoms with Crippen molar-refractivity contribution < 1.29 is 19.1 Å². The van der Waals surface area contributed by atoms with Crippen LogP contribution in [0.5, 0.6) is 0 Å². The van der Waals surface area contributed by atoms with Crippen LogP contribution in [0.3, 0.4) is 0 Å². The van der Waals surface area contributed by atoms with Gasteiger partial charge in [0.1, 0.15) is 17.9 Å². The Kier molecular flexibility index (Phi) is 14.6. The van der Waals surface area contributed by atoms with Crippen LogP contribution in [0.25, 0.3) is 0 Å². The third-order valence-electron chi connectivity index (χ3n) is 3.39. The largest absolute Gasteiger partial charge is 0.382 e. The quantitative estimate of drug-likeness (QED) is 0.322. The van der Waals surface area contributed by atoms with Crippen molar-refractivity contribution in [3.63, 3.8) is 0 Å². The van der Waals surface area contributed by atoms with Crippen LogP contribution in [-0.2, 0) is 19.1 Å². The summed E-state index contributed by atoms with van der Waals surface area (Å²) in [6.45, 7) is 3.44. The molecule has 0 aliphatic heterocycles. The van der Waals surface area contributed by atoms with Crippen molar-refractivity contribution in [3.05, 3.63) is 0 Å². The van der Waals surface area contributed by atoms with Crippen molar-refractivity contribution in [2.75, 3.05) is 13.2 Å². The highest BCUT2D eigenvalue weighted by Gasteiger charge is 2.05. The minimum atomic E-state index is 0.255. The molecule has 0 aliphatic rings. The number of unbranched alkanes of at least 4 members (excludes halogenated alkanes) is 4. The second-order valence-electron chi connectivity index (χ2n) is 5.35. The fraction of sp³-hybridized carbons (Fsp3) is 0.824. The topological polar surface area (TPSA) is 60.4 Å². The summed E-state index contributed by atoms with van der Waals surface area (Å²) in [7, 11) is 0. The summed E-state index contributed by atoms with van der Waals surface area (Å²) in [6.07, 6.45) is 8.86. The van der Waals surface area contributed by atoms with Crippen molar-refractivity contribution in [3.8, 4) is 0 Å². The van der Waals surface area contributed by atoms with Gasteiger partial charge in [0, 0.05) is 45.3 Å². The van der Waals surface area contributed by atoms with Crippen LogP contribution >= 0.6 is 0 Å². The van der Waals surface area contributed by atoms with Gasteiger partial charge in [0.2, 0.25) is 0 Å². The molecule has 4 heteroatoms. The maximum absolute atomic E-state index is 11.6. The third kappa shape index (κ3) is 15.2. The van der Waals surface area contributed by atoms with E-state index < -0.39 is 0 Å². The number of hydrogen-bond acceptors (Lipinski definition) is 4. The molecule has 122 valence electrons. The number of carbonyl (C=O) groups excluding carboxylic acids is 3. The lowest BCUT2D eigenvalue weighted by Crippen LogP contribution is -2.02. The predicted octanol–water partition coefficient (Wildman–Crippen LogP) is 3.65. The normalized spacial score (nSPS) is 10.5. The summed E-state index contributed by atoms with van der Waals surface area (Å²) in [5.41, 5.74) is 0. The number of ketones is 2. The van der Waals surface area contributed by atoms with Crippen molar-refractivity contribution in [1.82, 2.24) is 0 Å². The van der Waals surface area contributed by atoms with Crippen LogP contribution in [0.1, 0.15) is 77.6 Å². The first-order chi connectivity index (χ1) is 10.2. The van der Waals surface area contributed by atoms with Gasteiger partial charge in [-0.1, -0.05) is 0 Å². The van der Waals surface area contributed by atoms with E-state index in [0.29, 0.717) is 37.9 Å². The van der Waals surface area contributed by atoms with Gasteiger partial charge >= 0.3 is 0 Å². The zero-order valence-corrected chi connectivity index (χ0v) is 13.4. The molecule has 0 radical (unpaired) electrons. The fourth-order valence-electron chi connectivity index (χ4n) is 2.11. The summed E-state index contributed by atoms with van der Waals surface area (Å²) >= 11 is 0. The van der Waals surface area contributed by atoms with Crippen molar-refractivity contribution in [1.29, 1.82) is 0 Å². The Morgan fingerprint density at radius 1 is 0.810 bits per heavy atom. The molecule has 0 fully saturated rings. The van der Waals surface area contributed by atoms with E-state index >= 15 is 0 Å². The number of carbonyl (C=O) groups is 3. The summed E-state index contributed by atoms with van der Waals surface area (Å²) in [6, 6.07) is 0. The SMILES string of the molecule is CCOCCCCC(=O)CCCCC(=O)CCCCC=O. The number of Topliss-reactive ketones (excluding diaryl/α,β-unsaturated/α-hetero) is 2. The molecular formula is C17H30O4. The lowest BCUT2D eigenvalue weighted by molar-refractivity contribution is -0.121. The molecule has 0 aromatic carbocycles. The van der Waals surface area contributed by atoms with Crippen molar-refractivity contribution in [2.24, 2.45) is 0 Å². The van der Waals surface area contributed by atoms with E-state index in [1.807, 2.05) is 6.92 Å². The van der Waals surface area contributed by atoms with E-state index in [4.69, 9.17) is 4.74 Å². The van der Waals surface area contributed by atoms with Gasteiger partial charge in [0.05, 0.1) is 0 Å². The lowest BCUT2D eigenvalue weighted by Gasteiger charge is -2.03. The van der Waals surface area contributed by atoms with Crippen molar-refractivity contribution >= 4 is 17.9 Å². The number of ether oxygens (including phenoxy) is 1. The fourth-order valence-corrected chi connectivity index (χ4v) is 2.11. The molecule has 4 nitrogen and oxygen atoms in total. The molecular weight excluding hydrogens is 268 g/mol. The number of aldehydes is 1. The summed E-state index contributed by atoms with van der Waals surface area (Å²) in [4.78, 5) is 33.3. The summed E-state index contributed by atoms with van der Waals surface area (Å²) in [5, 5.41) is 0. The van der Waals surface area contributed by atoms with Gasteiger partial charge in [-0.3, -0.25) is 9.59 Å². The van der Waals surface area contributed by atoms with Gasteiger partial charge in [0.15, 0.2) is 0 Å². The van der Waals surface area contributed by atoms with Crippen LogP contribution in [0.15, 0.2) is 0 Å². The second kappa shape index (κ2) is 15.4. The maximum Gasteiger partial charge on any atom is 0.132 e. The maximum atomic E-state index is 11.6. The Labute approximate surface area is 128 Å². The first kappa shape index (κ1) is 20.0. The standard InChI is InChI=1S/C17H30O4/c1-2-21-15-9-7-13-17(20)12-6-5-11-16(19)10-4-3-8-14-18/h14H,2-13,15H2,1H3. The molecule has 0 saturated heterocycles. The molecule has 0 spiro atoms. The van der Waals surface area contributed by atoms with Crippen LogP contribution in [0.2, 0.25) is 0 Å².